The highest BCUT2D eigenvalue weighted by atomic mass is 19.1. The molecule has 2 rings (SSSR count). The van der Waals surface area contributed by atoms with Crippen LogP contribution < -0.4 is 5.32 Å². The van der Waals surface area contributed by atoms with Crippen LogP contribution in [0.3, 0.4) is 0 Å². The van der Waals surface area contributed by atoms with Gasteiger partial charge in [0.25, 0.3) is 0 Å². The van der Waals surface area contributed by atoms with Crippen molar-refractivity contribution < 1.29 is 9.50 Å². The molecule has 0 saturated carbocycles. The Bertz CT molecular complexity index is 287. The largest absolute Gasteiger partial charge is 0.373 e. The van der Waals surface area contributed by atoms with Crippen molar-refractivity contribution in [3.05, 3.63) is 29.6 Å². The van der Waals surface area contributed by atoms with E-state index in [0.29, 0.717) is 6.42 Å². The van der Waals surface area contributed by atoms with Crippen molar-refractivity contribution >= 4 is 5.69 Å². The number of fused-ring (bicyclic) bond motifs is 1. The zero-order valence-corrected chi connectivity index (χ0v) is 5.84. The molecule has 0 radical (unpaired) electrons. The van der Waals surface area contributed by atoms with Crippen LogP contribution in [0.25, 0.3) is 0 Å². The molecule has 1 aliphatic heterocycles. The van der Waals surface area contributed by atoms with Crippen molar-refractivity contribution in [2.24, 2.45) is 0 Å². The van der Waals surface area contributed by atoms with Crippen LogP contribution in [0.5, 0.6) is 0 Å². The maximum atomic E-state index is 12.6. The minimum absolute atomic E-state index is 0.250. The van der Waals surface area contributed by atoms with E-state index in [9.17, 15) is 4.39 Å². The molecule has 2 nitrogen and oxygen atoms in total. The lowest BCUT2D eigenvalue weighted by Crippen LogP contribution is -2.12. The van der Waals surface area contributed by atoms with Gasteiger partial charge in [-0.1, -0.05) is 0 Å². The first kappa shape index (κ1) is 6.61. The normalized spacial score (nSPS) is 21.1. The van der Waals surface area contributed by atoms with Crippen LogP contribution in [-0.2, 0) is 6.42 Å². The van der Waals surface area contributed by atoms with Gasteiger partial charge in [0.2, 0.25) is 0 Å². The molecule has 58 valence electrons. The van der Waals surface area contributed by atoms with E-state index in [4.69, 9.17) is 5.11 Å². The average Bonchev–Trinajstić information content (AvgIpc) is 2.27. The van der Waals surface area contributed by atoms with Gasteiger partial charge in [0.15, 0.2) is 0 Å². The fraction of sp³-hybridized carbons (Fsp3) is 0.250. The molecule has 11 heavy (non-hydrogen) atoms. The molecule has 3 heteroatoms. The maximum Gasteiger partial charge on any atom is 0.128 e. The molecule has 1 heterocycles. The van der Waals surface area contributed by atoms with Crippen LogP contribution in [0.1, 0.15) is 5.56 Å². The van der Waals surface area contributed by atoms with E-state index in [1.165, 1.54) is 12.1 Å². The van der Waals surface area contributed by atoms with Gasteiger partial charge in [-0.15, -0.1) is 0 Å². The van der Waals surface area contributed by atoms with E-state index in [1.54, 1.807) is 6.07 Å². The number of aliphatic hydroxyl groups excluding tert-OH is 1. The van der Waals surface area contributed by atoms with Gasteiger partial charge in [0, 0.05) is 12.1 Å². The molecular weight excluding hydrogens is 145 g/mol. The Morgan fingerprint density at radius 1 is 1.55 bits per heavy atom. The van der Waals surface area contributed by atoms with E-state index >= 15 is 0 Å². The summed E-state index contributed by atoms with van der Waals surface area (Å²) in [6.07, 6.45) is -0.0561. The van der Waals surface area contributed by atoms with Gasteiger partial charge in [-0.2, -0.15) is 0 Å². The van der Waals surface area contributed by atoms with Gasteiger partial charge >= 0.3 is 0 Å². The number of rotatable bonds is 0. The highest BCUT2D eigenvalue weighted by Crippen LogP contribution is 2.24. The van der Waals surface area contributed by atoms with Gasteiger partial charge in [-0.3, -0.25) is 0 Å². The first-order chi connectivity index (χ1) is 5.25. The van der Waals surface area contributed by atoms with E-state index in [0.717, 1.165) is 11.3 Å². The van der Waals surface area contributed by atoms with Crippen molar-refractivity contribution in [1.29, 1.82) is 0 Å². The molecule has 0 amide bonds. The predicted molar refractivity (Wildman–Crippen MR) is 39.7 cm³/mol. The summed E-state index contributed by atoms with van der Waals surface area (Å²) in [7, 11) is 0. The molecular formula is C8H8FNO. The van der Waals surface area contributed by atoms with E-state index in [-0.39, 0.29) is 5.82 Å². The fourth-order valence-corrected chi connectivity index (χ4v) is 1.31. The number of hydrogen-bond acceptors (Lipinski definition) is 2. The number of benzene rings is 1. The SMILES string of the molecule is O[C@@H]1Cc2cc(F)ccc2N1. The summed E-state index contributed by atoms with van der Waals surface area (Å²) in [5, 5.41) is 11.9. The molecule has 1 aliphatic rings. The second kappa shape index (κ2) is 2.20. The smallest absolute Gasteiger partial charge is 0.128 e. The predicted octanol–water partition coefficient (Wildman–Crippen LogP) is 1.11. The lowest BCUT2D eigenvalue weighted by atomic mass is 10.1. The Hall–Kier alpha value is -1.09. The summed E-state index contributed by atoms with van der Waals surface area (Å²) in [6.45, 7) is 0. The minimum atomic E-state index is -0.549. The van der Waals surface area contributed by atoms with Crippen molar-refractivity contribution in [2.45, 2.75) is 12.6 Å². The Labute approximate surface area is 63.7 Å². The number of anilines is 1. The van der Waals surface area contributed by atoms with Gasteiger partial charge in [-0.05, 0) is 23.8 Å². The van der Waals surface area contributed by atoms with E-state index in [1.807, 2.05) is 0 Å². The molecule has 1 atom stereocenters. The second-order valence-corrected chi connectivity index (χ2v) is 2.67. The molecule has 2 N–H and O–H groups in total. The Kier molecular flexibility index (Phi) is 1.32. The van der Waals surface area contributed by atoms with Crippen molar-refractivity contribution in [3.63, 3.8) is 0 Å². The van der Waals surface area contributed by atoms with Crippen LogP contribution >= 0.6 is 0 Å². The molecule has 0 spiro atoms. The quantitative estimate of drug-likeness (QED) is 0.585. The van der Waals surface area contributed by atoms with Crippen molar-refractivity contribution in [1.82, 2.24) is 0 Å². The minimum Gasteiger partial charge on any atom is -0.373 e. The van der Waals surface area contributed by atoms with Gasteiger partial charge in [0.1, 0.15) is 12.0 Å². The second-order valence-electron chi connectivity index (χ2n) is 2.67. The average molecular weight is 153 g/mol. The molecule has 1 aromatic rings. The molecule has 0 aliphatic carbocycles. The zero-order chi connectivity index (χ0) is 7.84. The van der Waals surface area contributed by atoms with E-state index < -0.39 is 6.23 Å². The van der Waals surface area contributed by atoms with Crippen molar-refractivity contribution in [3.8, 4) is 0 Å². The van der Waals surface area contributed by atoms with Crippen LogP contribution in [0.15, 0.2) is 18.2 Å². The molecule has 0 bridgehead atoms. The third kappa shape index (κ3) is 1.07. The summed E-state index contributed by atoms with van der Waals surface area (Å²) in [4.78, 5) is 0. The van der Waals surface area contributed by atoms with Gasteiger partial charge in [-0.25, -0.2) is 4.39 Å². The molecule has 1 aromatic carbocycles. The fourth-order valence-electron chi connectivity index (χ4n) is 1.31. The summed E-state index contributed by atoms with van der Waals surface area (Å²) in [5.41, 5.74) is 1.68. The zero-order valence-electron chi connectivity index (χ0n) is 5.84. The summed E-state index contributed by atoms with van der Waals surface area (Å²) >= 11 is 0. The van der Waals surface area contributed by atoms with Crippen LogP contribution in [0, 0.1) is 5.82 Å². The maximum absolute atomic E-state index is 12.6. The summed E-state index contributed by atoms with van der Waals surface area (Å²) < 4.78 is 12.6. The third-order valence-electron chi connectivity index (χ3n) is 1.80. The highest BCUT2D eigenvalue weighted by molar-refractivity contribution is 5.55. The lowest BCUT2D eigenvalue weighted by molar-refractivity contribution is 0.212. The topological polar surface area (TPSA) is 32.3 Å². The van der Waals surface area contributed by atoms with Crippen molar-refractivity contribution in [2.75, 3.05) is 5.32 Å². The molecule has 0 saturated heterocycles. The van der Waals surface area contributed by atoms with Crippen LogP contribution in [-0.4, -0.2) is 11.3 Å². The lowest BCUT2D eigenvalue weighted by Gasteiger charge is -1.99. The monoisotopic (exact) mass is 153 g/mol. The first-order valence-corrected chi connectivity index (χ1v) is 3.49. The summed E-state index contributed by atoms with van der Waals surface area (Å²) in [6, 6.07) is 4.46. The first-order valence-electron chi connectivity index (χ1n) is 3.49. The van der Waals surface area contributed by atoms with Crippen LogP contribution in [0.2, 0.25) is 0 Å². The van der Waals surface area contributed by atoms with Gasteiger partial charge in [0.05, 0.1) is 0 Å². The Morgan fingerprint density at radius 3 is 3.18 bits per heavy atom. The van der Waals surface area contributed by atoms with E-state index in [2.05, 4.69) is 5.32 Å². The summed E-state index contributed by atoms with van der Waals surface area (Å²) in [5.74, 6) is -0.250. The third-order valence-corrected chi connectivity index (χ3v) is 1.80. The van der Waals surface area contributed by atoms with Crippen LogP contribution in [0.4, 0.5) is 10.1 Å². The van der Waals surface area contributed by atoms with Gasteiger partial charge < -0.3 is 10.4 Å². The Balaban J connectivity index is 2.43. The Morgan fingerprint density at radius 2 is 2.36 bits per heavy atom. The number of hydrogen-bond donors (Lipinski definition) is 2. The molecule has 0 unspecified atom stereocenters. The highest BCUT2D eigenvalue weighted by Gasteiger charge is 2.17. The molecule has 0 fully saturated rings. The number of halogens is 1. The number of aliphatic hydroxyl groups is 1. The standard InChI is InChI=1S/C8H8FNO/c9-6-1-2-7-5(3-6)4-8(11)10-7/h1-3,8,10-11H,4H2/t8-/m1/s1. The number of nitrogens with one attached hydrogen (secondary N) is 1. The molecule has 0 aromatic heterocycles.